The molecule has 0 bridgehead atoms. The predicted molar refractivity (Wildman–Crippen MR) is 73.3 cm³/mol. The van der Waals surface area contributed by atoms with E-state index in [0.717, 1.165) is 4.57 Å². The van der Waals surface area contributed by atoms with Crippen molar-refractivity contribution in [2.24, 2.45) is 0 Å². The molecule has 1 aromatic carbocycles. The number of rotatable bonds is 3. The molecule has 3 rings (SSSR count). The highest BCUT2D eigenvalue weighted by molar-refractivity contribution is 7.91. The lowest BCUT2D eigenvalue weighted by molar-refractivity contribution is -0.194. The van der Waals surface area contributed by atoms with Crippen LogP contribution in [-0.4, -0.2) is 34.7 Å². The number of benzene rings is 1. The van der Waals surface area contributed by atoms with E-state index in [2.05, 4.69) is 10.2 Å². The van der Waals surface area contributed by atoms with Gasteiger partial charge in [-0.25, -0.2) is 8.42 Å². The predicted octanol–water partition coefficient (Wildman–Crippen LogP) is 1.38. The number of halogens is 2. The van der Waals surface area contributed by atoms with Crippen molar-refractivity contribution >= 4 is 9.84 Å². The van der Waals surface area contributed by atoms with Crippen LogP contribution in [0.2, 0.25) is 0 Å². The fourth-order valence-corrected chi connectivity index (χ4v) is 3.39. The molecule has 0 saturated carbocycles. The van der Waals surface area contributed by atoms with E-state index in [1.54, 1.807) is 18.2 Å². The second-order valence-corrected chi connectivity index (χ2v) is 7.23. The lowest BCUT2D eigenvalue weighted by Gasteiger charge is -2.18. The first-order valence-electron chi connectivity index (χ1n) is 6.62. The Morgan fingerprint density at radius 1 is 1.14 bits per heavy atom. The summed E-state index contributed by atoms with van der Waals surface area (Å²) < 4.78 is 57.6. The van der Waals surface area contributed by atoms with E-state index in [9.17, 15) is 17.2 Å². The zero-order valence-corrected chi connectivity index (χ0v) is 12.3. The first kappa shape index (κ1) is 14.9. The van der Waals surface area contributed by atoms with Crippen molar-refractivity contribution in [2.75, 3.05) is 11.5 Å². The molecule has 22 heavy (non-hydrogen) atoms. The number of alkyl halides is 2. The third-order valence-corrected chi connectivity index (χ3v) is 4.97. The van der Waals surface area contributed by atoms with Crippen LogP contribution in [0.25, 0.3) is 0 Å². The molecule has 118 valence electrons. The minimum atomic E-state index is -3.69. The monoisotopic (exact) mass is 329 g/mol. The first-order chi connectivity index (χ1) is 10.4. The fourth-order valence-electron chi connectivity index (χ4n) is 2.23. The highest BCUT2D eigenvalue weighted by atomic mass is 32.2. The first-order valence-corrected chi connectivity index (χ1v) is 8.44. The summed E-state index contributed by atoms with van der Waals surface area (Å²) in [6.45, 7) is -0.103. The van der Waals surface area contributed by atoms with Gasteiger partial charge in [0.1, 0.15) is 11.6 Å². The standard InChI is InChI=1S/C13H13F2N3O3S/c14-13(15,21-10-4-2-1-3-5-10)12-17-16-11-6-8-22(19,20)9-7-18(11)12/h1-5H,6-9H2. The van der Waals surface area contributed by atoms with Crippen molar-refractivity contribution in [3.05, 3.63) is 42.0 Å². The van der Waals surface area contributed by atoms with Crippen LogP contribution in [0.5, 0.6) is 5.75 Å². The van der Waals surface area contributed by atoms with Gasteiger partial charge in [0.2, 0.25) is 5.82 Å². The van der Waals surface area contributed by atoms with E-state index in [0.29, 0.717) is 0 Å². The Balaban J connectivity index is 1.91. The van der Waals surface area contributed by atoms with Crippen LogP contribution in [0.3, 0.4) is 0 Å². The third kappa shape index (κ3) is 2.94. The van der Waals surface area contributed by atoms with Crippen LogP contribution in [-0.2, 0) is 28.9 Å². The molecule has 0 N–H and O–H groups in total. The molecule has 0 amide bonds. The van der Waals surface area contributed by atoms with Gasteiger partial charge >= 0.3 is 6.11 Å². The average Bonchev–Trinajstić information content (AvgIpc) is 2.81. The zero-order chi connectivity index (χ0) is 15.8. The lowest BCUT2D eigenvalue weighted by atomic mass is 10.3. The zero-order valence-electron chi connectivity index (χ0n) is 11.4. The van der Waals surface area contributed by atoms with Crippen molar-refractivity contribution in [1.82, 2.24) is 14.8 Å². The van der Waals surface area contributed by atoms with E-state index in [1.165, 1.54) is 12.1 Å². The number of aromatic nitrogens is 3. The molecule has 0 unspecified atom stereocenters. The van der Waals surface area contributed by atoms with E-state index in [-0.39, 0.29) is 36.0 Å². The number of hydrogen-bond donors (Lipinski definition) is 0. The normalized spacial score (nSPS) is 17.5. The molecule has 0 atom stereocenters. The van der Waals surface area contributed by atoms with Crippen LogP contribution in [0.1, 0.15) is 11.6 Å². The number of para-hydroxylation sites is 1. The molecule has 1 aliphatic rings. The minimum absolute atomic E-state index is 0.00825. The Morgan fingerprint density at radius 2 is 1.86 bits per heavy atom. The van der Waals surface area contributed by atoms with Gasteiger partial charge in [-0.1, -0.05) is 18.2 Å². The molecule has 0 aliphatic carbocycles. The summed E-state index contributed by atoms with van der Waals surface area (Å²) in [7, 11) is -3.25. The average molecular weight is 329 g/mol. The van der Waals surface area contributed by atoms with Crippen LogP contribution in [0.4, 0.5) is 8.78 Å². The van der Waals surface area contributed by atoms with Gasteiger partial charge in [0, 0.05) is 13.0 Å². The van der Waals surface area contributed by atoms with E-state index >= 15 is 0 Å². The summed E-state index contributed by atoms with van der Waals surface area (Å²) in [4.78, 5) is 0. The third-order valence-electron chi connectivity index (χ3n) is 3.34. The largest absolute Gasteiger partial charge is 0.462 e. The molecular weight excluding hydrogens is 316 g/mol. The molecule has 0 spiro atoms. The maximum Gasteiger partial charge on any atom is 0.462 e. The smallest absolute Gasteiger partial charge is 0.427 e. The number of aryl methyl sites for hydroxylation is 1. The Labute approximate surface area is 125 Å². The van der Waals surface area contributed by atoms with Crippen LogP contribution in [0.15, 0.2) is 30.3 Å². The van der Waals surface area contributed by atoms with Crippen LogP contribution in [0, 0.1) is 0 Å². The second-order valence-electron chi connectivity index (χ2n) is 4.93. The summed E-state index contributed by atoms with van der Waals surface area (Å²) >= 11 is 0. The van der Waals surface area contributed by atoms with Gasteiger partial charge in [-0.05, 0) is 12.1 Å². The van der Waals surface area contributed by atoms with E-state index < -0.39 is 21.8 Å². The van der Waals surface area contributed by atoms with Crippen molar-refractivity contribution in [2.45, 2.75) is 19.1 Å². The topological polar surface area (TPSA) is 74.1 Å². The number of fused-ring (bicyclic) bond motifs is 1. The summed E-state index contributed by atoms with van der Waals surface area (Å²) in [5, 5.41) is 7.18. The van der Waals surface area contributed by atoms with Gasteiger partial charge in [0.25, 0.3) is 0 Å². The van der Waals surface area contributed by atoms with Gasteiger partial charge < -0.3 is 9.30 Å². The van der Waals surface area contributed by atoms with Gasteiger partial charge in [-0.2, -0.15) is 8.78 Å². The van der Waals surface area contributed by atoms with Gasteiger partial charge in [-0.3, -0.25) is 0 Å². The summed E-state index contributed by atoms with van der Waals surface area (Å²) in [6.07, 6.45) is -3.63. The second kappa shape index (κ2) is 5.31. The fraction of sp³-hybridized carbons (Fsp3) is 0.385. The van der Waals surface area contributed by atoms with Gasteiger partial charge in [0.15, 0.2) is 9.84 Å². The highest BCUT2D eigenvalue weighted by Gasteiger charge is 2.42. The van der Waals surface area contributed by atoms with Crippen molar-refractivity contribution in [3.63, 3.8) is 0 Å². The maximum atomic E-state index is 14.3. The molecule has 6 nitrogen and oxygen atoms in total. The quantitative estimate of drug-likeness (QED) is 0.850. The van der Waals surface area contributed by atoms with Crippen molar-refractivity contribution in [1.29, 1.82) is 0 Å². The van der Waals surface area contributed by atoms with Crippen molar-refractivity contribution in [3.8, 4) is 5.75 Å². The molecule has 1 aromatic heterocycles. The molecule has 0 radical (unpaired) electrons. The molecule has 0 saturated heterocycles. The van der Waals surface area contributed by atoms with E-state index in [4.69, 9.17) is 4.74 Å². The van der Waals surface area contributed by atoms with Crippen molar-refractivity contribution < 1.29 is 21.9 Å². The SMILES string of the molecule is O=S1(=O)CCc2nnc(C(F)(F)Oc3ccccc3)n2CC1. The Morgan fingerprint density at radius 3 is 2.59 bits per heavy atom. The van der Waals surface area contributed by atoms with Gasteiger partial charge in [0.05, 0.1) is 11.5 Å². The lowest BCUT2D eigenvalue weighted by Crippen LogP contribution is -2.28. The van der Waals surface area contributed by atoms with Gasteiger partial charge in [-0.15, -0.1) is 10.2 Å². The Bertz CT molecular complexity index is 775. The number of hydrogen-bond acceptors (Lipinski definition) is 5. The number of nitrogens with zero attached hydrogens (tertiary/aromatic N) is 3. The van der Waals surface area contributed by atoms with Crippen LogP contribution < -0.4 is 4.74 Å². The number of sulfone groups is 1. The number of ether oxygens (including phenoxy) is 1. The Hall–Kier alpha value is -2.03. The molecule has 1 aliphatic heterocycles. The summed E-state index contributed by atoms with van der Waals surface area (Å²) in [5.74, 6) is -0.787. The molecule has 2 heterocycles. The summed E-state index contributed by atoms with van der Waals surface area (Å²) in [5.41, 5.74) is 0. The molecular formula is C13H13F2N3O3S. The minimum Gasteiger partial charge on any atom is -0.427 e. The summed E-state index contributed by atoms with van der Waals surface area (Å²) in [6, 6.07) is 7.62. The van der Waals surface area contributed by atoms with E-state index in [1.807, 2.05) is 0 Å². The van der Waals surface area contributed by atoms with Crippen LogP contribution >= 0.6 is 0 Å². The molecule has 9 heteroatoms. The Kier molecular flexibility index (Phi) is 3.59. The molecule has 2 aromatic rings. The highest BCUT2D eigenvalue weighted by Crippen LogP contribution is 2.31. The maximum absolute atomic E-state index is 14.3. The molecule has 0 fully saturated rings.